The number of ether oxygens (including phenoxy) is 1. The lowest BCUT2D eigenvalue weighted by Crippen LogP contribution is -2.34. The SMILES string of the molecule is O=C(OCC1c2ccccc2-c2ccccc21)N1CCNc2cc(Br)ccc2C1. The van der Waals surface area contributed by atoms with Crippen molar-refractivity contribution in [3.63, 3.8) is 0 Å². The van der Waals surface area contributed by atoms with Gasteiger partial charge in [0.15, 0.2) is 0 Å². The van der Waals surface area contributed by atoms with E-state index in [1.165, 1.54) is 22.3 Å². The van der Waals surface area contributed by atoms with Gasteiger partial charge in [-0.05, 0) is 39.9 Å². The van der Waals surface area contributed by atoms with E-state index in [1.807, 2.05) is 12.1 Å². The zero-order valence-electron chi connectivity index (χ0n) is 15.9. The predicted octanol–water partition coefficient (Wildman–Crippen LogP) is 5.63. The fourth-order valence-electron chi connectivity index (χ4n) is 4.30. The van der Waals surface area contributed by atoms with Crippen LogP contribution in [0, 0.1) is 0 Å². The van der Waals surface area contributed by atoms with Gasteiger partial charge in [0.2, 0.25) is 0 Å². The lowest BCUT2D eigenvalue weighted by molar-refractivity contribution is 0.0993. The largest absolute Gasteiger partial charge is 0.448 e. The van der Waals surface area contributed by atoms with Crippen molar-refractivity contribution in [3.8, 4) is 11.1 Å². The highest BCUT2D eigenvalue weighted by atomic mass is 79.9. The Bertz CT molecular complexity index is 1040. The molecular formula is C24H21BrN2O2. The maximum atomic E-state index is 12.9. The van der Waals surface area contributed by atoms with Crippen molar-refractivity contribution in [1.29, 1.82) is 0 Å². The highest BCUT2D eigenvalue weighted by Gasteiger charge is 2.30. The molecule has 0 saturated heterocycles. The number of benzene rings is 3. The topological polar surface area (TPSA) is 41.6 Å². The van der Waals surface area contributed by atoms with Gasteiger partial charge < -0.3 is 15.0 Å². The standard InChI is InChI=1S/C24H21BrN2O2/c25-17-10-9-16-14-27(12-11-26-23(16)13-17)24(28)29-15-22-20-7-3-1-5-18(20)19-6-2-4-8-21(19)22/h1-10,13,22,26H,11-12,14-15H2. The average Bonchev–Trinajstić information content (AvgIpc) is 2.90. The van der Waals surface area contributed by atoms with Crippen LogP contribution in [0.25, 0.3) is 11.1 Å². The van der Waals surface area contributed by atoms with Crippen LogP contribution in [-0.2, 0) is 11.3 Å². The molecule has 1 amide bonds. The van der Waals surface area contributed by atoms with Crippen molar-refractivity contribution >= 4 is 27.7 Å². The van der Waals surface area contributed by atoms with E-state index in [9.17, 15) is 4.79 Å². The Morgan fingerprint density at radius 1 is 1.03 bits per heavy atom. The van der Waals surface area contributed by atoms with E-state index in [2.05, 4.69) is 75.8 Å². The number of rotatable bonds is 2. The number of nitrogens with zero attached hydrogens (tertiary/aromatic N) is 1. The summed E-state index contributed by atoms with van der Waals surface area (Å²) in [6.45, 7) is 2.22. The molecule has 5 rings (SSSR count). The number of carbonyl (C=O) groups is 1. The van der Waals surface area contributed by atoms with Crippen LogP contribution in [0.4, 0.5) is 10.5 Å². The number of hydrogen-bond acceptors (Lipinski definition) is 3. The van der Waals surface area contributed by atoms with Crippen molar-refractivity contribution in [1.82, 2.24) is 4.90 Å². The summed E-state index contributed by atoms with van der Waals surface area (Å²) in [7, 11) is 0. The highest BCUT2D eigenvalue weighted by molar-refractivity contribution is 9.10. The van der Waals surface area contributed by atoms with Gasteiger partial charge in [0.25, 0.3) is 0 Å². The molecule has 0 aromatic heterocycles. The first-order valence-electron chi connectivity index (χ1n) is 9.83. The molecule has 1 heterocycles. The highest BCUT2D eigenvalue weighted by Crippen LogP contribution is 2.44. The summed E-state index contributed by atoms with van der Waals surface area (Å²) in [4.78, 5) is 14.7. The lowest BCUT2D eigenvalue weighted by atomic mass is 9.98. The Morgan fingerprint density at radius 2 is 1.72 bits per heavy atom. The van der Waals surface area contributed by atoms with E-state index >= 15 is 0 Å². The number of anilines is 1. The van der Waals surface area contributed by atoms with Crippen LogP contribution < -0.4 is 5.32 Å². The fraction of sp³-hybridized carbons (Fsp3) is 0.208. The molecule has 0 atom stereocenters. The molecule has 0 spiro atoms. The van der Waals surface area contributed by atoms with Gasteiger partial charge in [-0.3, -0.25) is 0 Å². The lowest BCUT2D eigenvalue weighted by Gasteiger charge is -2.22. The second kappa shape index (κ2) is 7.56. The zero-order valence-corrected chi connectivity index (χ0v) is 17.5. The molecule has 0 unspecified atom stereocenters. The number of fused-ring (bicyclic) bond motifs is 4. The van der Waals surface area contributed by atoms with Crippen molar-refractivity contribution in [2.45, 2.75) is 12.5 Å². The summed E-state index contributed by atoms with van der Waals surface area (Å²) >= 11 is 3.50. The Morgan fingerprint density at radius 3 is 2.45 bits per heavy atom. The average molecular weight is 449 g/mol. The van der Waals surface area contributed by atoms with Gasteiger partial charge in [-0.25, -0.2) is 4.79 Å². The number of amides is 1. The van der Waals surface area contributed by atoms with Crippen molar-refractivity contribution in [2.24, 2.45) is 0 Å². The Labute approximate surface area is 178 Å². The number of halogens is 1. The maximum absolute atomic E-state index is 12.9. The predicted molar refractivity (Wildman–Crippen MR) is 118 cm³/mol. The van der Waals surface area contributed by atoms with E-state index < -0.39 is 0 Å². The number of carbonyl (C=O) groups excluding carboxylic acids is 1. The van der Waals surface area contributed by atoms with Gasteiger partial charge in [0.05, 0.1) is 6.54 Å². The first-order chi connectivity index (χ1) is 14.2. The minimum atomic E-state index is -0.260. The summed E-state index contributed by atoms with van der Waals surface area (Å²) < 4.78 is 6.85. The molecule has 0 fully saturated rings. The Kier molecular flexibility index (Phi) is 4.76. The molecule has 1 N–H and O–H groups in total. The van der Waals surface area contributed by atoms with Crippen molar-refractivity contribution in [3.05, 3.63) is 87.9 Å². The molecule has 3 aromatic carbocycles. The molecule has 1 aliphatic heterocycles. The third-order valence-corrected chi connectivity index (χ3v) is 6.22. The van der Waals surface area contributed by atoms with E-state index in [0.29, 0.717) is 26.2 Å². The quantitative estimate of drug-likeness (QED) is 0.552. The normalized spacial score (nSPS) is 15.0. The van der Waals surface area contributed by atoms with Crippen LogP contribution in [-0.4, -0.2) is 30.7 Å². The maximum Gasteiger partial charge on any atom is 0.410 e. The molecule has 0 radical (unpaired) electrons. The molecule has 146 valence electrons. The van der Waals surface area contributed by atoms with Gasteiger partial charge in [-0.2, -0.15) is 0 Å². The summed E-state index contributed by atoms with van der Waals surface area (Å²) in [6, 6.07) is 22.9. The van der Waals surface area contributed by atoms with Crippen LogP contribution in [0.1, 0.15) is 22.6 Å². The fourth-order valence-corrected chi connectivity index (χ4v) is 4.66. The van der Waals surface area contributed by atoms with Crippen molar-refractivity contribution in [2.75, 3.05) is 25.0 Å². The summed E-state index contributed by atoms with van der Waals surface area (Å²) in [5.74, 6) is 0.0831. The van der Waals surface area contributed by atoms with E-state index in [1.54, 1.807) is 4.90 Å². The molecule has 29 heavy (non-hydrogen) atoms. The molecule has 4 nitrogen and oxygen atoms in total. The van der Waals surface area contributed by atoms with Gasteiger partial charge in [-0.1, -0.05) is 70.5 Å². The second-order valence-corrected chi connectivity index (χ2v) is 8.37. The first kappa shape index (κ1) is 18.3. The van der Waals surface area contributed by atoms with E-state index in [4.69, 9.17) is 4.74 Å². The first-order valence-corrected chi connectivity index (χ1v) is 10.6. The molecule has 5 heteroatoms. The molecule has 0 saturated carbocycles. The third kappa shape index (κ3) is 3.40. The van der Waals surface area contributed by atoms with Gasteiger partial charge in [0, 0.05) is 29.2 Å². The summed E-state index contributed by atoms with van der Waals surface area (Å²) in [6.07, 6.45) is -0.260. The molecule has 2 aliphatic rings. The van der Waals surface area contributed by atoms with Crippen LogP contribution in [0.3, 0.4) is 0 Å². The monoisotopic (exact) mass is 448 g/mol. The summed E-state index contributed by atoms with van der Waals surface area (Å²) in [5.41, 5.74) is 7.10. The molecular weight excluding hydrogens is 428 g/mol. The van der Waals surface area contributed by atoms with E-state index in [-0.39, 0.29) is 12.0 Å². The van der Waals surface area contributed by atoms with Crippen LogP contribution in [0.2, 0.25) is 0 Å². The number of nitrogens with one attached hydrogen (secondary N) is 1. The Hall–Kier alpha value is -2.79. The minimum absolute atomic E-state index is 0.0831. The zero-order chi connectivity index (χ0) is 19.8. The van der Waals surface area contributed by atoms with Gasteiger partial charge >= 0.3 is 6.09 Å². The van der Waals surface area contributed by atoms with Crippen LogP contribution >= 0.6 is 15.9 Å². The van der Waals surface area contributed by atoms with Crippen LogP contribution in [0.5, 0.6) is 0 Å². The Balaban J connectivity index is 1.33. The van der Waals surface area contributed by atoms with Crippen LogP contribution in [0.15, 0.2) is 71.2 Å². The van der Waals surface area contributed by atoms with Gasteiger partial charge in [-0.15, -0.1) is 0 Å². The molecule has 0 bridgehead atoms. The van der Waals surface area contributed by atoms with Gasteiger partial charge in [0.1, 0.15) is 6.61 Å². The van der Waals surface area contributed by atoms with Crippen molar-refractivity contribution < 1.29 is 9.53 Å². The molecule has 3 aromatic rings. The van der Waals surface area contributed by atoms with E-state index in [0.717, 1.165) is 15.7 Å². The summed E-state index contributed by atoms with van der Waals surface area (Å²) in [5, 5.41) is 3.39. The third-order valence-electron chi connectivity index (χ3n) is 5.72. The molecule has 1 aliphatic carbocycles. The second-order valence-electron chi connectivity index (χ2n) is 7.45. The minimum Gasteiger partial charge on any atom is -0.448 e. The number of hydrogen-bond donors (Lipinski definition) is 1. The smallest absolute Gasteiger partial charge is 0.410 e.